The average Bonchev–Trinajstić information content (AvgIpc) is 3.43. The molecule has 32 heavy (non-hydrogen) atoms. The Labute approximate surface area is 185 Å². The van der Waals surface area contributed by atoms with Crippen LogP contribution in [0.3, 0.4) is 0 Å². The van der Waals surface area contributed by atoms with Gasteiger partial charge in [0.15, 0.2) is 0 Å². The zero-order valence-corrected chi connectivity index (χ0v) is 17.5. The SMILES string of the molecule is O=C(CCCN1C(=O)c2ccccc2N2C(=O)c3ccccc3[C@@H]12)NCCn1cccn1. The Balaban J connectivity index is 1.29. The average molecular weight is 429 g/mol. The number of amides is 3. The number of rotatable bonds is 7. The maximum absolute atomic E-state index is 13.3. The summed E-state index contributed by atoms with van der Waals surface area (Å²) in [7, 11) is 0. The molecule has 162 valence electrons. The van der Waals surface area contributed by atoms with E-state index in [0.29, 0.717) is 49.3 Å². The van der Waals surface area contributed by atoms with Crippen molar-refractivity contribution in [2.24, 2.45) is 0 Å². The molecule has 1 atom stereocenters. The molecule has 3 heterocycles. The molecule has 1 N–H and O–H groups in total. The number of hydrogen-bond acceptors (Lipinski definition) is 4. The van der Waals surface area contributed by atoms with Crippen LogP contribution in [0.25, 0.3) is 0 Å². The fourth-order valence-electron chi connectivity index (χ4n) is 4.44. The van der Waals surface area contributed by atoms with E-state index in [1.165, 1.54) is 0 Å². The molecule has 8 heteroatoms. The third-order valence-electron chi connectivity index (χ3n) is 5.91. The van der Waals surface area contributed by atoms with Crippen molar-refractivity contribution in [3.8, 4) is 0 Å². The van der Waals surface area contributed by atoms with Gasteiger partial charge < -0.3 is 10.2 Å². The van der Waals surface area contributed by atoms with E-state index in [1.807, 2.05) is 42.6 Å². The van der Waals surface area contributed by atoms with Gasteiger partial charge in [-0.1, -0.05) is 30.3 Å². The molecule has 0 saturated heterocycles. The summed E-state index contributed by atoms with van der Waals surface area (Å²) in [6.45, 7) is 1.48. The van der Waals surface area contributed by atoms with E-state index in [-0.39, 0.29) is 17.7 Å². The fraction of sp³-hybridized carbons (Fsp3) is 0.250. The molecule has 0 radical (unpaired) electrons. The molecule has 3 amide bonds. The molecular weight excluding hydrogens is 406 g/mol. The quantitative estimate of drug-likeness (QED) is 0.625. The predicted molar refractivity (Wildman–Crippen MR) is 118 cm³/mol. The van der Waals surface area contributed by atoms with Gasteiger partial charge in [-0.3, -0.25) is 24.0 Å². The van der Waals surface area contributed by atoms with E-state index >= 15 is 0 Å². The maximum Gasteiger partial charge on any atom is 0.260 e. The summed E-state index contributed by atoms with van der Waals surface area (Å²) in [5.41, 5.74) is 2.58. The molecule has 2 aromatic carbocycles. The highest BCUT2D eigenvalue weighted by Crippen LogP contribution is 2.45. The molecule has 0 saturated carbocycles. The first-order chi connectivity index (χ1) is 15.6. The van der Waals surface area contributed by atoms with Crippen molar-refractivity contribution < 1.29 is 14.4 Å². The first-order valence-electron chi connectivity index (χ1n) is 10.7. The number of nitrogens with zero attached hydrogens (tertiary/aromatic N) is 4. The van der Waals surface area contributed by atoms with Crippen LogP contribution in [0, 0.1) is 0 Å². The number of nitrogens with one attached hydrogen (secondary N) is 1. The van der Waals surface area contributed by atoms with Crippen LogP contribution in [-0.2, 0) is 11.3 Å². The molecule has 3 aromatic rings. The van der Waals surface area contributed by atoms with Gasteiger partial charge in [-0.05, 0) is 30.7 Å². The largest absolute Gasteiger partial charge is 0.354 e. The lowest BCUT2D eigenvalue weighted by molar-refractivity contribution is -0.121. The number of benzene rings is 2. The zero-order chi connectivity index (χ0) is 22.1. The Morgan fingerprint density at radius 1 is 0.938 bits per heavy atom. The van der Waals surface area contributed by atoms with Gasteiger partial charge in [-0.15, -0.1) is 0 Å². The number of fused-ring (bicyclic) bond motifs is 5. The summed E-state index contributed by atoms with van der Waals surface area (Å²) < 4.78 is 1.76. The molecule has 2 aliphatic rings. The highest BCUT2D eigenvalue weighted by Gasteiger charge is 2.47. The minimum absolute atomic E-state index is 0.0678. The van der Waals surface area contributed by atoms with E-state index in [2.05, 4.69) is 10.4 Å². The van der Waals surface area contributed by atoms with Crippen LogP contribution < -0.4 is 10.2 Å². The molecule has 1 aromatic heterocycles. The van der Waals surface area contributed by atoms with Crippen molar-refractivity contribution in [3.05, 3.63) is 83.7 Å². The number of anilines is 1. The minimum Gasteiger partial charge on any atom is -0.354 e. The van der Waals surface area contributed by atoms with Crippen LogP contribution in [0.5, 0.6) is 0 Å². The number of carbonyl (C=O) groups is 3. The van der Waals surface area contributed by atoms with Crippen molar-refractivity contribution in [2.75, 3.05) is 18.0 Å². The summed E-state index contributed by atoms with van der Waals surface area (Å²) in [6, 6.07) is 16.5. The summed E-state index contributed by atoms with van der Waals surface area (Å²) in [4.78, 5) is 42.2. The van der Waals surface area contributed by atoms with Gasteiger partial charge in [-0.2, -0.15) is 5.10 Å². The van der Waals surface area contributed by atoms with Gasteiger partial charge in [0.25, 0.3) is 11.8 Å². The van der Waals surface area contributed by atoms with E-state index in [1.54, 1.807) is 38.9 Å². The molecule has 8 nitrogen and oxygen atoms in total. The monoisotopic (exact) mass is 429 g/mol. The van der Waals surface area contributed by atoms with Crippen LogP contribution >= 0.6 is 0 Å². The molecule has 0 unspecified atom stereocenters. The fourth-order valence-corrected chi connectivity index (χ4v) is 4.44. The molecule has 0 fully saturated rings. The Morgan fingerprint density at radius 2 is 1.72 bits per heavy atom. The van der Waals surface area contributed by atoms with Gasteiger partial charge in [0.2, 0.25) is 5.91 Å². The lowest BCUT2D eigenvalue weighted by Crippen LogP contribution is -2.48. The van der Waals surface area contributed by atoms with Crippen LogP contribution in [0.15, 0.2) is 67.0 Å². The molecular formula is C24H23N5O3. The summed E-state index contributed by atoms with van der Waals surface area (Å²) in [5, 5.41) is 6.99. The van der Waals surface area contributed by atoms with E-state index in [4.69, 9.17) is 0 Å². The zero-order valence-electron chi connectivity index (χ0n) is 17.5. The number of carbonyl (C=O) groups excluding carboxylic acids is 3. The highest BCUT2D eigenvalue weighted by molar-refractivity contribution is 6.16. The van der Waals surface area contributed by atoms with Crippen molar-refractivity contribution >= 4 is 23.4 Å². The predicted octanol–water partition coefficient (Wildman–Crippen LogP) is 2.59. The Hall–Kier alpha value is -3.94. The second-order valence-electron chi connectivity index (χ2n) is 7.87. The summed E-state index contributed by atoms with van der Waals surface area (Å²) in [5.74, 6) is -0.292. The number of para-hydroxylation sites is 1. The Bertz CT molecular complexity index is 1170. The van der Waals surface area contributed by atoms with E-state index in [0.717, 1.165) is 5.56 Å². The summed E-state index contributed by atoms with van der Waals surface area (Å²) in [6.07, 6.45) is 3.86. The molecule has 5 rings (SSSR count). The Morgan fingerprint density at radius 3 is 2.53 bits per heavy atom. The highest BCUT2D eigenvalue weighted by atomic mass is 16.2. The molecule has 0 aliphatic carbocycles. The van der Waals surface area contributed by atoms with Crippen LogP contribution in [0.4, 0.5) is 5.69 Å². The Kier molecular flexibility index (Phi) is 5.18. The van der Waals surface area contributed by atoms with Crippen molar-refractivity contribution in [2.45, 2.75) is 25.6 Å². The second-order valence-corrected chi connectivity index (χ2v) is 7.87. The third kappa shape index (κ3) is 3.43. The number of aromatic nitrogens is 2. The van der Waals surface area contributed by atoms with Gasteiger partial charge in [-0.25, -0.2) is 0 Å². The van der Waals surface area contributed by atoms with Crippen LogP contribution in [-0.4, -0.2) is 45.5 Å². The molecule has 0 spiro atoms. The van der Waals surface area contributed by atoms with Gasteiger partial charge in [0.1, 0.15) is 6.17 Å². The second kappa shape index (κ2) is 8.30. The standard InChI is InChI=1S/C24H23N5O3/c30-21(25-13-16-27-14-6-12-26-27)11-5-15-28-22-17-7-1-2-8-18(17)24(32)29(22)20-10-4-3-9-19(20)23(28)31/h1-4,6-10,12,14,22H,5,11,13,15-16H2,(H,25,30)/t22-/m0/s1. The number of hydrogen-bond donors (Lipinski definition) is 1. The van der Waals surface area contributed by atoms with Gasteiger partial charge in [0, 0.05) is 43.0 Å². The normalized spacial score (nSPS) is 16.6. The van der Waals surface area contributed by atoms with Crippen LogP contribution in [0.1, 0.15) is 45.3 Å². The topological polar surface area (TPSA) is 87.5 Å². The van der Waals surface area contributed by atoms with Gasteiger partial charge >= 0.3 is 0 Å². The van der Waals surface area contributed by atoms with E-state index in [9.17, 15) is 14.4 Å². The van der Waals surface area contributed by atoms with E-state index < -0.39 is 6.17 Å². The maximum atomic E-state index is 13.3. The smallest absolute Gasteiger partial charge is 0.260 e. The summed E-state index contributed by atoms with van der Waals surface area (Å²) >= 11 is 0. The molecule has 2 aliphatic heterocycles. The van der Waals surface area contributed by atoms with Crippen molar-refractivity contribution in [3.63, 3.8) is 0 Å². The first kappa shape index (κ1) is 20.0. The minimum atomic E-state index is -0.482. The third-order valence-corrected chi connectivity index (χ3v) is 5.91. The van der Waals surface area contributed by atoms with Crippen molar-refractivity contribution in [1.82, 2.24) is 20.0 Å². The van der Waals surface area contributed by atoms with Crippen LogP contribution in [0.2, 0.25) is 0 Å². The lowest BCUT2D eigenvalue weighted by Gasteiger charge is -2.41. The van der Waals surface area contributed by atoms with Gasteiger partial charge in [0.05, 0.1) is 17.8 Å². The molecule has 0 bridgehead atoms. The lowest BCUT2D eigenvalue weighted by atomic mass is 10.0. The first-order valence-corrected chi connectivity index (χ1v) is 10.7. The van der Waals surface area contributed by atoms with Crippen molar-refractivity contribution in [1.29, 1.82) is 0 Å².